The highest BCUT2D eigenvalue weighted by Gasteiger charge is 2.26. The van der Waals surface area contributed by atoms with Crippen molar-refractivity contribution in [3.63, 3.8) is 0 Å². The normalized spacial score (nSPS) is 17.7. The molecule has 34 heavy (non-hydrogen) atoms. The maximum atomic E-state index is 12.6. The molecule has 11 heteroatoms. The predicted octanol–water partition coefficient (Wildman–Crippen LogP) is 2.72. The molecule has 1 aromatic carbocycles. The van der Waals surface area contributed by atoms with E-state index in [1.165, 1.54) is 45.4 Å². The van der Waals surface area contributed by atoms with Crippen LogP contribution in [0, 0.1) is 5.92 Å². The second-order valence-corrected chi connectivity index (χ2v) is 11.7. The Morgan fingerprint density at radius 3 is 2.68 bits per heavy atom. The van der Waals surface area contributed by atoms with Gasteiger partial charge in [0.25, 0.3) is 0 Å². The summed E-state index contributed by atoms with van der Waals surface area (Å²) >= 11 is 1.52. The molecule has 2 aliphatic heterocycles. The van der Waals surface area contributed by atoms with Gasteiger partial charge in [0.15, 0.2) is 0 Å². The summed E-state index contributed by atoms with van der Waals surface area (Å²) in [6.45, 7) is 3.44. The summed E-state index contributed by atoms with van der Waals surface area (Å²) in [4.78, 5) is 14.8. The molecule has 0 bridgehead atoms. The van der Waals surface area contributed by atoms with Gasteiger partial charge in [-0.3, -0.25) is 9.69 Å². The van der Waals surface area contributed by atoms with E-state index in [2.05, 4.69) is 33.3 Å². The average molecular weight is 503 g/mol. The summed E-state index contributed by atoms with van der Waals surface area (Å²) in [5, 5.41) is 8.96. The SMILES string of the molecule is CS(=O)(=O)N1CCC(COc2coc(CN3Cc4ccc(-c5nncs5)cc4C3)cc2=O)CC1. The van der Waals surface area contributed by atoms with E-state index in [1.54, 1.807) is 5.51 Å². The Hall–Kier alpha value is -2.60. The van der Waals surface area contributed by atoms with Crippen LogP contribution < -0.4 is 10.2 Å². The van der Waals surface area contributed by atoms with Crippen molar-refractivity contribution in [1.29, 1.82) is 0 Å². The van der Waals surface area contributed by atoms with E-state index in [1.807, 2.05) is 0 Å². The van der Waals surface area contributed by atoms with Crippen LogP contribution in [0.5, 0.6) is 5.75 Å². The first-order valence-corrected chi connectivity index (χ1v) is 13.9. The lowest BCUT2D eigenvalue weighted by Gasteiger charge is -2.29. The molecule has 1 saturated heterocycles. The zero-order valence-corrected chi connectivity index (χ0v) is 20.5. The highest BCUT2D eigenvalue weighted by molar-refractivity contribution is 7.88. The highest BCUT2D eigenvalue weighted by atomic mass is 32.2. The molecule has 2 aliphatic rings. The number of hydrogen-bond donors (Lipinski definition) is 0. The lowest BCUT2D eigenvalue weighted by molar-refractivity contribution is 0.180. The molecule has 0 radical (unpaired) electrons. The summed E-state index contributed by atoms with van der Waals surface area (Å²) in [5.41, 5.74) is 5.10. The topological polar surface area (TPSA) is 106 Å². The van der Waals surface area contributed by atoms with Crippen LogP contribution >= 0.6 is 11.3 Å². The number of ether oxygens (including phenoxy) is 1. The maximum absolute atomic E-state index is 12.6. The van der Waals surface area contributed by atoms with Crippen molar-refractivity contribution in [2.45, 2.75) is 32.5 Å². The van der Waals surface area contributed by atoms with Gasteiger partial charge in [-0.05, 0) is 36.0 Å². The predicted molar refractivity (Wildman–Crippen MR) is 128 cm³/mol. The molecular weight excluding hydrogens is 476 g/mol. The first-order valence-electron chi connectivity index (χ1n) is 11.2. The Kier molecular flexibility index (Phi) is 6.52. The first kappa shape index (κ1) is 23.2. The Bertz CT molecular complexity index is 1320. The molecule has 1 fully saturated rings. The summed E-state index contributed by atoms with van der Waals surface area (Å²) in [7, 11) is -3.15. The van der Waals surface area contributed by atoms with Crippen LogP contribution in [0.4, 0.5) is 0 Å². The molecule has 0 aliphatic carbocycles. The molecule has 0 amide bonds. The van der Waals surface area contributed by atoms with Gasteiger partial charge in [0, 0.05) is 37.8 Å². The fourth-order valence-electron chi connectivity index (χ4n) is 4.47. The minimum absolute atomic E-state index is 0.195. The van der Waals surface area contributed by atoms with Gasteiger partial charge in [-0.1, -0.05) is 23.5 Å². The molecular formula is C23H26N4O5S2. The molecule has 2 aromatic heterocycles. The quantitative estimate of drug-likeness (QED) is 0.486. The van der Waals surface area contributed by atoms with Crippen LogP contribution in [-0.2, 0) is 29.7 Å². The van der Waals surface area contributed by atoms with Crippen LogP contribution in [0.3, 0.4) is 0 Å². The first-order chi connectivity index (χ1) is 16.3. The van der Waals surface area contributed by atoms with Crippen molar-refractivity contribution in [2.24, 2.45) is 5.92 Å². The molecule has 0 unspecified atom stereocenters. The Morgan fingerprint density at radius 1 is 1.18 bits per heavy atom. The zero-order valence-electron chi connectivity index (χ0n) is 18.8. The number of nitrogens with zero attached hydrogens (tertiary/aromatic N) is 4. The van der Waals surface area contributed by atoms with Gasteiger partial charge in [-0.15, -0.1) is 10.2 Å². The number of rotatable bonds is 7. The maximum Gasteiger partial charge on any atom is 0.227 e. The van der Waals surface area contributed by atoms with Gasteiger partial charge in [0.05, 0.1) is 19.4 Å². The van der Waals surface area contributed by atoms with Gasteiger partial charge in [0.2, 0.25) is 21.2 Å². The van der Waals surface area contributed by atoms with Crippen LogP contribution in [0.25, 0.3) is 10.6 Å². The number of aromatic nitrogens is 2. The van der Waals surface area contributed by atoms with Crippen LogP contribution in [-0.4, -0.2) is 53.8 Å². The second kappa shape index (κ2) is 9.57. The monoisotopic (exact) mass is 502 g/mol. The van der Waals surface area contributed by atoms with E-state index in [-0.39, 0.29) is 17.1 Å². The average Bonchev–Trinajstić information content (AvgIpc) is 3.47. The molecule has 3 aromatic rings. The van der Waals surface area contributed by atoms with Crippen molar-refractivity contribution in [2.75, 3.05) is 26.0 Å². The lowest BCUT2D eigenvalue weighted by atomic mass is 9.99. The van der Waals surface area contributed by atoms with Crippen molar-refractivity contribution in [3.05, 3.63) is 63.1 Å². The third kappa shape index (κ3) is 5.22. The van der Waals surface area contributed by atoms with Crippen molar-refractivity contribution in [1.82, 2.24) is 19.4 Å². The largest absolute Gasteiger partial charge is 0.486 e. The molecule has 9 nitrogen and oxygen atoms in total. The van der Waals surface area contributed by atoms with Gasteiger partial charge in [-0.2, -0.15) is 0 Å². The number of sulfonamides is 1. The minimum Gasteiger partial charge on any atom is -0.486 e. The number of piperidine rings is 1. The van der Waals surface area contributed by atoms with E-state index in [0.717, 1.165) is 23.7 Å². The molecule has 0 spiro atoms. The standard InChI is InChI=1S/C23H26N4O5S2/c1-34(29,30)27-6-4-16(5-7-27)13-32-22-14-31-20(9-21(22)28)12-26-10-18-3-2-17(8-19(18)11-26)23-25-24-15-33-23/h2-3,8-9,14-16H,4-7,10-13H2,1H3. The number of hydrogen-bond acceptors (Lipinski definition) is 9. The molecule has 0 N–H and O–H groups in total. The van der Waals surface area contributed by atoms with E-state index in [0.29, 0.717) is 44.8 Å². The third-order valence-electron chi connectivity index (χ3n) is 6.35. The fourth-order valence-corrected chi connectivity index (χ4v) is 5.90. The van der Waals surface area contributed by atoms with Crippen LogP contribution in [0.15, 0.2) is 45.3 Å². The van der Waals surface area contributed by atoms with E-state index >= 15 is 0 Å². The second-order valence-electron chi connectivity index (χ2n) is 8.86. The van der Waals surface area contributed by atoms with Gasteiger partial charge in [-0.25, -0.2) is 12.7 Å². The summed E-state index contributed by atoms with van der Waals surface area (Å²) in [5.74, 6) is 1.00. The number of fused-ring (bicyclic) bond motifs is 1. The lowest BCUT2D eigenvalue weighted by Crippen LogP contribution is -2.39. The highest BCUT2D eigenvalue weighted by Crippen LogP contribution is 2.30. The minimum atomic E-state index is -3.15. The molecule has 5 rings (SSSR count). The molecule has 4 heterocycles. The zero-order chi connectivity index (χ0) is 23.7. The van der Waals surface area contributed by atoms with Crippen LogP contribution in [0.1, 0.15) is 29.7 Å². The van der Waals surface area contributed by atoms with E-state index in [4.69, 9.17) is 9.15 Å². The van der Waals surface area contributed by atoms with Crippen molar-refractivity contribution < 1.29 is 17.6 Å². The Balaban J connectivity index is 1.15. The molecule has 0 saturated carbocycles. The summed E-state index contributed by atoms with van der Waals surface area (Å²) in [6, 6.07) is 7.85. The number of benzene rings is 1. The third-order valence-corrected chi connectivity index (χ3v) is 8.39. The van der Waals surface area contributed by atoms with E-state index in [9.17, 15) is 13.2 Å². The van der Waals surface area contributed by atoms with Gasteiger partial charge in [0.1, 0.15) is 22.5 Å². The van der Waals surface area contributed by atoms with Gasteiger partial charge >= 0.3 is 0 Å². The van der Waals surface area contributed by atoms with Crippen molar-refractivity contribution >= 4 is 21.4 Å². The Morgan fingerprint density at radius 2 is 1.97 bits per heavy atom. The smallest absolute Gasteiger partial charge is 0.227 e. The summed E-state index contributed by atoms with van der Waals surface area (Å²) in [6.07, 6.45) is 4.05. The molecule has 0 atom stereocenters. The molecule has 180 valence electrons. The van der Waals surface area contributed by atoms with Crippen molar-refractivity contribution in [3.8, 4) is 16.3 Å². The van der Waals surface area contributed by atoms with Gasteiger partial charge < -0.3 is 9.15 Å². The Labute approximate surface area is 202 Å². The summed E-state index contributed by atoms with van der Waals surface area (Å²) < 4.78 is 36.2. The van der Waals surface area contributed by atoms with E-state index < -0.39 is 10.0 Å². The fraction of sp³-hybridized carbons (Fsp3) is 0.435. The van der Waals surface area contributed by atoms with Crippen LogP contribution in [0.2, 0.25) is 0 Å².